The second-order valence-electron chi connectivity index (χ2n) is 6.14. The van der Waals surface area contributed by atoms with E-state index >= 15 is 0 Å². The van der Waals surface area contributed by atoms with Gasteiger partial charge in [0.25, 0.3) is 5.56 Å². The number of aliphatic hydroxyl groups is 1. The number of carbonyl (C=O) groups is 1. The Balaban J connectivity index is 0.000000381. The van der Waals surface area contributed by atoms with Gasteiger partial charge < -0.3 is 19.4 Å². The molecule has 0 radical (unpaired) electrons. The van der Waals surface area contributed by atoms with Crippen molar-refractivity contribution in [3.63, 3.8) is 0 Å². The fraction of sp³-hybridized carbons (Fsp3) is 0.429. The average molecular weight is 370 g/mol. The van der Waals surface area contributed by atoms with Crippen LogP contribution < -0.4 is 5.56 Å². The van der Waals surface area contributed by atoms with E-state index in [9.17, 15) is 9.59 Å². The first kappa shape index (κ1) is 22.1. The molecule has 0 atom stereocenters. The van der Waals surface area contributed by atoms with Crippen LogP contribution in [0.15, 0.2) is 11.0 Å². The number of ether oxygens (including phenoxy) is 1. The van der Waals surface area contributed by atoms with E-state index in [2.05, 4.69) is 23.8 Å². The Labute approximate surface area is 159 Å². The molecule has 6 heteroatoms. The van der Waals surface area contributed by atoms with E-state index in [0.29, 0.717) is 27.7 Å². The van der Waals surface area contributed by atoms with E-state index in [1.165, 1.54) is 17.4 Å². The number of carbonyl (C=O) groups excluding carboxylic acids is 1. The topological polar surface area (TPSA) is 84.3 Å². The van der Waals surface area contributed by atoms with Crippen molar-refractivity contribution in [2.24, 2.45) is 7.05 Å². The van der Waals surface area contributed by atoms with Gasteiger partial charge in [0.15, 0.2) is 0 Å². The lowest BCUT2D eigenvalue weighted by molar-refractivity contribution is 0.0528. The van der Waals surface area contributed by atoms with Crippen molar-refractivity contribution in [1.82, 2.24) is 9.55 Å². The highest BCUT2D eigenvalue weighted by Gasteiger charge is 2.21. The predicted molar refractivity (Wildman–Crippen MR) is 107 cm³/mol. The molecular weight excluding hydrogens is 344 g/mol. The number of hydrogen-bond donors (Lipinski definition) is 2. The first-order valence-electron chi connectivity index (χ1n) is 8.77. The summed E-state index contributed by atoms with van der Waals surface area (Å²) in [6.07, 6.45) is 19.6. The Morgan fingerprint density at radius 3 is 2.44 bits per heavy atom. The number of aromatic amines is 1. The molecule has 0 aromatic carbocycles. The molecule has 27 heavy (non-hydrogen) atoms. The third-order valence-corrected chi connectivity index (χ3v) is 4.27. The summed E-state index contributed by atoms with van der Waals surface area (Å²) < 4.78 is 6.40. The minimum atomic E-state index is -0.476. The molecule has 1 saturated carbocycles. The predicted octanol–water partition coefficient (Wildman–Crippen LogP) is 2.50. The van der Waals surface area contributed by atoms with Crippen LogP contribution in [0.3, 0.4) is 0 Å². The zero-order chi connectivity index (χ0) is 20.6. The first-order chi connectivity index (χ1) is 12.9. The molecule has 2 heterocycles. The third kappa shape index (κ3) is 5.03. The molecule has 1 aliphatic carbocycles. The van der Waals surface area contributed by atoms with E-state index in [1.54, 1.807) is 27.1 Å². The lowest BCUT2D eigenvalue weighted by Gasteiger charge is -2.04. The van der Waals surface area contributed by atoms with Crippen LogP contribution in [0.2, 0.25) is 0 Å². The molecule has 2 aromatic rings. The Hall–Kier alpha value is -2.96. The van der Waals surface area contributed by atoms with Gasteiger partial charge in [0.05, 0.1) is 23.8 Å². The molecule has 0 unspecified atom stereocenters. The van der Waals surface area contributed by atoms with Crippen LogP contribution in [0.5, 0.6) is 0 Å². The third-order valence-electron chi connectivity index (χ3n) is 4.27. The maximum atomic E-state index is 12.1. The molecule has 1 fully saturated rings. The van der Waals surface area contributed by atoms with Crippen LogP contribution in [0.1, 0.15) is 54.2 Å². The molecule has 6 nitrogen and oxygen atoms in total. The summed E-state index contributed by atoms with van der Waals surface area (Å²) in [6.45, 7) is 3.70. The van der Waals surface area contributed by atoms with Gasteiger partial charge in [0.2, 0.25) is 0 Å². The maximum absolute atomic E-state index is 12.1. The van der Waals surface area contributed by atoms with E-state index in [0.717, 1.165) is 12.8 Å². The molecule has 2 aromatic heterocycles. The minimum absolute atomic E-state index is 0.0463. The van der Waals surface area contributed by atoms with Crippen LogP contribution in [0.25, 0.3) is 10.9 Å². The average Bonchev–Trinajstić information content (AvgIpc) is 3.27. The normalized spacial score (nSPS) is 13.1. The highest BCUT2D eigenvalue weighted by atomic mass is 16.5. The molecule has 0 spiro atoms. The minimum Gasteiger partial charge on any atom is -0.462 e. The molecule has 144 valence electrons. The summed E-state index contributed by atoms with van der Waals surface area (Å²) in [4.78, 5) is 27.0. The van der Waals surface area contributed by atoms with Gasteiger partial charge >= 0.3 is 5.97 Å². The van der Waals surface area contributed by atoms with Crippen molar-refractivity contribution in [3.8, 4) is 25.2 Å². The second-order valence-corrected chi connectivity index (χ2v) is 6.14. The molecule has 2 N–H and O–H groups in total. The number of hydrogen-bond acceptors (Lipinski definition) is 4. The van der Waals surface area contributed by atoms with Crippen molar-refractivity contribution in [2.45, 2.75) is 45.6 Å². The van der Waals surface area contributed by atoms with Crippen LogP contribution >= 0.6 is 0 Å². The summed E-state index contributed by atoms with van der Waals surface area (Å²) in [5.74, 6) is 2.03. The maximum Gasteiger partial charge on any atom is 0.340 e. The quantitative estimate of drug-likeness (QED) is 0.628. The Morgan fingerprint density at radius 2 is 2.00 bits per heavy atom. The van der Waals surface area contributed by atoms with Gasteiger partial charge in [-0.2, -0.15) is 0 Å². The number of aryl methyl sites for hydroxylation is 2. The van der Waals surface area contributed by atoms with E-state index in [1.807, 2.05) is 0 Å². The largest absolute Gasteiger partial charge is 0.462 e. The standard InChI is InChI=1S/C14H14N2O3.C5H10O.C2H2/c1-5-9-7-16(4)13(17)12-11(9)10(8(3)15-12)14(18)19-6-2;6-5-3-1-2-4-5;1-2/h1,7,15H,6H2,2-4H3;5-6H,1-4H2;1-2H. The molecule has 0 aliphatic heterocycles. The zero-order valence-electron chi connectivity index (χ0n) is 16.0. The van der Waals surface area contributed by atoms with Gasteiger partial charge in [-0.25, -0.2) is 4.79 Å². The zero-order valence-corrected chi connectivity index (χ0v) is 16.0. The summed E-state index contributed by atoms with van der Waals surface area (Å²) in [7, 11) is 1.61. The summed E-state index contributed by atoms with van der Waals surface area (Å²) >= 11 is 0. The molecule has 0 amide bonds. The SMILES string of the molecule is C#C.C#Cc1cn(C)c(=O)c2[nH]c(C)c(C(=O)OCC)c12.OC1CCCC1. The second kappa shape index (κ2) is 10.3. The summed E-state index contributed by atoms with van der Waals surface area (Å²) in [6, 6.07) is 0. The van der Waals surface area contributed by atoms with Crippen molar-refractivity contribution < 1.29 is 14.6 Å². The van der Waals surface area contributed by atoms with Crippen LogP contribution in [-0.2, 0) is 11.8 Å². The Morgan fingerprint density at radius 1 is 1.41 bits per heavy atom. The smallest absolute Gasteiger partial charge is 0.340 e. The number of rotatable bonds is 2. The number of esters is 1. The summed E-state index contributed by atoms with van der Waals surface area (Å²) in [5, 5.41) is 9.19. The van der Waals surface area contributed by atoms with Crippen molar-refractivity contribution in [2.75, 3.05) is 6.61 Å². The molecule has 3 rings (SSSR count). The number of terminal acetylenes is 2. The number of fused-ring (bicyclic) bond motifs is 1. The number of pyridine rings is 1. The fourth-order valence-electron chi connectivity index (χ4n) is 3.02. The molecular formula is C21H26N2O4. The van der Waals surface area contributed by atoms with Crippen LogP contribution in [-0.4, -0.2) is 33.3 Å². The van der Waals surface area contributed by atoms with Gasteiger partial charge in [-0.15, -0.1) is 19.3 Å². The summed E-state index contributed by atoms with van der Waals surface area (Å²) in [5.41, 5.74) is 1.51. The fourth-order valence-corrected chi connectivity index (χ4v) is 3.02. The molecule has 0 bridgehead atoms. The van der Waals surface area contributed by atoms with E-state index < -0.39 is 5.97 Å². The lowest BCUT2D eigenvalue weighted by atomic mass is 10.1. The Kier molecular flexibility index (Phi) is 8.38. The Bertz CT molecular complexity index is 906. The first-order valence-corrected chi connectivity index (χ1v) is 8.77. The van der Waals surface area contributed by atoms with E-state index in [-0.39, 0.29) is 18.3 Å². The number of nitrogens with one attached hydrogen (secondary N) is 1. The van der Waals surface area contributed by atoms with Gasteiger partial charge in [-0.05, 0) is 26.7 Å². The number of nitrogens with zero attached hydrogens (tertiary/aromatic N) is 1. The van der Waals surface area contributed by atoms with Gasteiger partial charge in [-0.3, -0.25) is 4.79 Å². The van der Waals surface area contributed by atoms with Crippen molar-refractivity contribution in [1.29, 1.82) is 0 Å². The van der Waals surface area contributed by atoms with Crippen molar-refractivity contribution in [3.05, 3.63) is 33.4 Å². The molecule has 1 aliphatic rings. The van der Waals surface area contributed by atoms with E-state index in [4.69, 9.17) is 16.3 Å². The van der Waals surface area contributed by atoms with Gasteiger partial charge in [0.1, 0.15) is 5.52 Å². The number of aliphatic hydroxyl groups excluding tert-OH is 1. The van der Waals surface area contributed by atoms with Crippen LogP contribution in [0.4, 0.5) is 0 Å². The number of H-pyrrole nitrogens is 1. The lowest BCUT2D eigenvalue weighted by Crippen LogP contribution is -2.17. The highest BCUT2D eigenvalue weighted by Crippen LogP contribution is 2.24. The van der Waals surface area contributed by atoms with Gasteiger partial charge in [0, 0.05) is 24.3 Å². The highest BCUT2D eigenvalue weighted by molar-refractivity contribution is 6.07. The van der Waals surface area contributed by atoms with Crippen molar-refractivity contribution >= 4 is 16.9 Å². The number of aromatic nitrogens is 2. The monoisotopic (exact) mass is 370 g/mol. The van der Waals surface area contributed by atoms with Gasteiger partial charge in [-0.1, -0.05) is 18.8 Å². The molecule has 0 saturated heterocycles. The van der Waals surface area contributed by atoms with Crippen LogP contribution in [0, 0.1) is 32.1 Å².